The molecule has 1 aliphatic carbocycles. The lowest BCUT2D eigenvalue weighted by Crippen LogP contribution is -2.41. The molecule has 0 aromatic heterocycles. The van der Waals surface area contributed by atoms with E-state index in [1.54, 1.807) is 0 Å². The van der Waals surface area contributed by atoms with Gasteiger partial charge in [-0.3, -0.25) is 0 Å². The molecule has 1 aliphatic rings. The summed E-state index contributed by atoms with van der Waals surface area (Å²) in [6.07, 6.45) is 2.53. The van der Waals surface area contributed by atoms with Gasteiger partial charge in [0.25, 0.3) is 0 Å². The van der Waals surface area contributed by atoms with Crippen molar-refractivity contribution in [1.29, 1.82) is 0 Å². The van der Waals surface area contributed by atoms with Gasteiger partial charge in [-0.05, 0) is 49.3 Å². The topological polar surface area (TPSA) is 12.0 Å². The van der Waals surface area contributed by atoms with Crippen molar-refractivity contribution in [1.82, 2.24) is 5.32 Å². The summed E-state index contributed by atoms with van der Waals surface area (Å²) < 4.78 is 0. The molecule has 0 aliphatic heterocycles. The van der Waals surface area contributed by atoms with Crippen molar-refractivity contribution in [3.05, 3.63) is 71.3 Å². The molecule has 0 spiro atoms. The molecule has 0 saturated heterocycles. The van der Waals surface area contributed by atoms with E-state index in [1.807, 2.05) is 0 Å². The summed E-state index contributed by atoms with van der Waals surface area (Å²) in [6, 6.07) is 20.7. The van der Waals surface area contributed by atoms with E-state index < -0.39 is 0 Å². The standard InChI is InChI=1S/C19H23N/c1-14-8-6-7-11-19(14)15(2)20-18-12-17(13-18)16-9-4-3-5-10-16/h3-11,15,17-18,20H,12-13H2,1-2H3/t15-,17?,18?/m0/s1. The molecule has 104 valence electrons. The Kier molecular flexibility index (Phi) is 3.88. The first-order valence-electron chi connectivity index (χ1n) is 7.60. The average Bonchev–Trinajstić information content (AvgIpc) is 2.43. The maximum Gasteiger partial charge on any atom is 0.0296 e. The first-order valence-corrected chi connectivity index (χ1v) is 7.60. The van der Waals surface area contributed by atoms with Crippen LogP contribution in [0.4, 0.5) is 0 Å². The summed E-state index contributed by atoms with van der Waals surface area (Å²) in [6.45, 7) is 4.47. The van der Waals surface area contributed by atoms with Gasteiger partial charge in [-0.15, -0.1) is 0 Å². The van der Waals surface area contributed by atoms with Gasteiger partial charge in [0.1, 0.15) is 0 Å². The lowest BCUT2D eigenvalue weighted by Gasteiger charge is -2.38. The molecule has 0 unspecified atom stereocenters. The van der Waals surface area contributed by atoms with Gasteiger partial charge >= 0.3 is 0 Å². The average molecular weight is 265 g/mol. The zero-order chi connectivity index (χ0) is 13.9. The lowest BCUT2D eigenvalue weighted by atomic mass is 9.75. The fourth-order valence-corrected chi connectivity index (χ4v) is 3.27. The third-order valence-electron chi connectivity index (χ3n) is 4.55. The molecule has 1 saturated carbocycles. The first-order chi connectivity index (χ1) is 9.74. The van der Waals surface area contributed by atoms with Crippen LogP contribution in [-0.4, -0.2) is 6.04 Å². The Labute approximate surface area is 122 Å². The molecular weight excluding hydrogens is 242 g/mol. The van der Waals surface area contributed by atoms with E-state index >= 15 is 0 Å². The second-order valence-corrected chi connectivity index (χ2v) is 6.02. The van der Waals surface area contributed by atoms with Gasteiger partial charge in [0.15, 0.2) is 0 Å². The molecule has 20 heavy (non-hydrogen) atoms. The highest BCUT2D eigenvalue weighted by molar-refractivity contribution is 5.29. The monoisotopic (exact) mass is 265 g/mol. The van der Waals surface area contributed by atoms with E-state index in [0.717, 1.165) is 5.92 Å². The van der Waals surface area contributed by atoms with Crippen LogP contribution in [0.2, 0.25) is 0 Å². The second-order valence-electron chi connectivity index (χ2n) is 6.02. The van der Waals surface area contributed by atoms with Gasteiger partial charge in [0.05, 0.1) is 0 Å². The van der Waals surface area contributed by atoms with Gasteiger partial charge in [-0.25, -0.2) is 0 Å². The minimum absolute atomic E-state index is 0.443. The summed E-state index contributed by atoms with van der Waals surface area (Å²) >= 11 is 0. The quantitative estimate of drug-likeness (QED) is 0.852. The van der Waals surface area contributed by atoms with Crippen LogP contribution in [0, 0.1) is 6.92 Å². The molecule has 1 heteroatoms. The number of aryl methyl sites for hydroxylation is 1. The Morgan fingerprint density at radius 3 is 2.30 bits per heavy atom. The molecule has 0 bridgehead atoms. The highest BCUT2D eigenvalue weighted by atomic mass is 15.0. The van der Waals surface area contributed by atoms with Crippen molar-refractivity contribution in [2.45, 2.75) is 44.7 Å². The molecule has 1 fully saturated rings. The van der Waals surface area contributed by atoms with Gasteiger partial charge in [-0.2, -0.15) is 0 Å². The second kappa shape index (κ2) is 5.80. The van der Waals surface area contributed by atoms with Crippen LogP contribution in [0.3, 0.4) is 0 Å². The third kappa shape index (κ3) is 2.78. The highest BCUT2D eigenvalue weighted by Gasteiger charge is 2.31. The molecule has 0 radical (unpaired) electrons. The van der Waals surface area contributed by atoms with Gasteiger partial charge in [0.2, 0.25) is 0 Å². The fourth-order valence-electron chi connectivity index (χ4n) is 3.27. The lowest BCUT2D eigenvalue weighted by molar-refractivity contribution is 0.270. The number of nitrogens with one attached hydrogen (secondary N) is 1. The minimum atomic E-state index is 0.443. The summed E-state index contributed by atoms with van der Waals surface area (Å²) in [7, 11) is 0. The molecule has 0 amide bonds. The molecule has 2 aromatic rings. The molecule has 1 nitrogen and oxygen atoms in total. The summed E-state index contributed by atoms with van der Waals surface area (Å²) in [5, 5.41) is 3.77. The Hall–Kier alpha value is -1.60. The van der Waals surface area contributed by atoms with E-state index in [-0.39, 0.29) is 0 Å². The number of hydrogen-bond acceptors (Lipinski definition) is 1. The molecule has 3 rings (SSSR count). The predicted molar refractivity (Wildman–Crippen MR) is 84.9 cm³/mol. The SMILES string of the molecule is Cc1ccccc1[C@H](C)NC1CC(c2ccccc2)C1. The van der Waals surface area contributed by atoms with Crippen molar-refractivity contribution in [2.24, 2.45) is 0 Å². The predicted octanol–water partition coefficient (Wildman–Crippen LogP) is 4.59. The Morgan fingerprint density at radius 2 is 1.60 bits per heavy atom. The Bertz CT molecular complexity index is 555. The van der Waals surface area contributed by atoms with Crippen LogP contribution >= 0.6 is 0 Å². The first kappa shape index (κ1) is 13.4. The Morgan fingerprint density at radius 1 is 0.950 bits per heavy atom. The van der Waals surface area contributed by atoms with E-state index in [2.05, 4.69) is 73.8 Å². The minimum Gasteiger partial charge on any atom is -0.307 e. The maximum absolute atomic E-state index is 3.77. The van der Waals surface area contributed by atoms with Crippen LogP contribution in [0.5, 0.6) is 0 Å². The van der Waals surface area contributed by atoms with Gasteiger partial charge in [-0.1, -0.05) is 54.6 Å². The number of rotatable bonds is 4. The van der Waals surface area contributed by atoms with Crippen LogP contribution < -0.4 is 5.32 Å². The summed E-state index contributed by atoms with van der Waals surface area (Å²) in [5.41, 5.74) is 4.30. The molecule has 1 atom stereocenters. The van der Waals surface area contributed by atoms with Crippen molar-refractivity contribution in [2.75, 3.05) is 0 Å². The normalized spacial score (nSPS) is 23.1. The van der Waals surface area contributed by atoms with Crippen LogP contribution in [0.15, 0.2) is 54.6 Å². The zero-order valence-electron chi connectivity index (χ0n) is 12.3. The molecule has 1 N–H and O–H groups in total. The van der Waals surface area contributed by atoms with E-state index in [4.69, 9.17) is 0 Å². The van der Waals surface area contributed by atoms with Gasteiger partial charge in [0, 0.05) is 12.1 Å². The largest absolute Gasteiger partial charge is 0.307 e. The van der Waals surface area contributed by atoms with Crippen molar-refractivity contribution in [3.63, 3.8) is 0 Å². The molecule has 0 heterocycles. The smallest absolute Gasteiger partial charge is 0.0296 e. The summed E-state index contributed by atoms with van der Waals surface area (Å²) in [4.78, 5) is 0. The zero-order valence-corrected chi connectivity index (χ0v) is 12.3. The third-order valence-corrected chi connectivity index (χ3v) is 4.55. The van der Waals surface area contributed by atoms with Crippen molar-refractivity contribution < 1.29 is 0 Å². The van der Waals surface area contributed by atoms with E-state index in [9.17, 15) is 0 Å². The van der Waals surface area contributed by atoms with Crippen LogP contribution in [0.25, 0.3) is 0 Å². The summed E-state index contributed by atoms with van der Waals surface area (Å²) in [5.74, 6) is 0.748. The van der Waals surface area contributed by atoms with E-state index in [1.165, 1.54) is 29.5 Å². The number of hydrogen-bond donors (Lipinski definition) is 1. The molecule has 2 aromatic carbocycles. The fraction of sp³-hybridized carbons (Fsp3) is 0.368. The van der Waals surface area contributed by atoms with Crippen molar-refractivity contribution >= 4 is 0 Å². The molecular formula is C19H23N. The number of benzene rings is 2. The van der Waals surface area contributed by atoms with Gasteiger partial charge < -0.3 is 5.32 Å². The Balaban J connectivity index is 1.55. The van der Waals surface area contributed by atoms with E-state index in [0.29, 0.717) is 12.1 Å². The highest BCUT2D eigenvalue weighted by Crippen LogP contribution is 2.37. The van der Waals surface area contributed by atoms with Crippen LogP contribution in [-0.2, 0) is 0 Å². The van der Waals surface area contributed by atoms with Crippen LogP contribution in [0.1, 0.15) is 48.4 Å². The maximum atomic E-state index is 3.77. The van der Waals surface area contributed by atoms with Crippen molar-refractivity contribution in [3.8, 4) is 0 Å².